The summed E-state index contributed by atoms with van der Waals surface area (Å²) in [6, 6.07) is 0.288. The summed E-state index contributed by atoms with van der Waals surface area (Å²) in [4.78, 5) is 26.0. The van der Waals surface area contributed by atoms with Crippen LogP contribution in [0.2, 0.25) is 0 Å². The minimum atomic E-state index is 0.187. The van der Waals surface area contributed by atoms with Crippen molar-refractivity contribution in [3.05, 3.63) is 11.4 Å². The fraction of sp³-hybridized carbons (Fsp3) is 0.706. The number of carbonyl (C=O) groups is 1. The van der Waals surface area contributed by atoms with Crippen LogP contribution in [-0.2, 0) is 17.8 Å². The average molecular weight is 332 g/mol. The summed E-state index contributed by atoms with van der Waals surface area (Å²) in [5.41, 5.74) is 1.98. The van der Waals surface area contributed by atoms with Gasteiger partial charge in [-0.05, 0) is 13.8 Å². The Morgan fingerprint density at radius 3 is 2.62 bits per heavy atom. The number of anilines is 2. The number of amides is 1. The van der Waals surface area contributed by atoms with Gasteiger partial charge in [0.1, 0.15) is 0 Å². The summed E-state index contributed by atoms with van der Waals surface area (Å²) in [5, 5.41) is 6.82. The van der Waals surface area contributed by atoms with Gasteiger partial charge >= 0.3 is 0 Å². The molecule has 24 heavy (non-hydrogen) atoms. The van der Waals surface area contributed by atoms with Gasteiger partial charge < -0.3 is 20.4 Å². The highest BCUT2D eigenvalue weighted by Crippen LogP contribution is 2.27. The van der Waals surface area contributed by atoms with E-state index < -0.39 is 0 Å². The summed E-state index contributed by atoms with van der Waals surface area (Å²) < 4.78 is 0. The van der Waals surface area contributed by atoms with Gasteiger partial charge in [0, 0.05) is 51.6 Å². The van der Waals surface area contributed by atoms with Gasteiger partial charge in [0.25, 0.3) is 0 Å². The van der Waals surface area contributed by atoms with Gasteiger partial charge in [-0.3, -0.25) is 4.79 Å². The molecule has 0 aromatic carbocycles. The number of carbonyl (C=O) groups excluding carboxylic acids is 1. The normalized spacial score (nSPS) is 17.8. The molecule has 1 aromatic heterocycles. The Morgan fingerprint density at radius 1 is 1.21 bits per heavy atom. The molecular weight excluding hydrogens is 304 g/mol. The minimum absolute atomic E-state index is 0.187. The lowest BCUT2D eigenvalue weighted by atomic mass is 10.1. The van der Waals surface area contributed by atoms with Crippen LogP contribution in [0, 0.1) is 0 Å². The molecule has 0 radical (unpaired) electrons. The fourth-order valence-corrected chi connectivity index (χ4v) is 3.23. The van der Waals surface area contributed by atoms with Crippen LogP contribution >= 0.6 is 0 Å². The van der Waals surface area contributed by atoms with Gasteiger partial charge in [0.2, 0.25) is 5.91 Å². The average Bonchev–Trinajstić information content (AvgIpc) is 2.60. The van der Waals surface area contributed by atoms with Gasteiger partial charge in [-0.1, -0.05) is 6.92 Å². The molecule has 0 bridgehead atoms. The molecule has 7 heteroatoms. The highest BCUT2D eigenvalue weighted by molar-refractivity contribution is 5.76. The first-order chi connectivity index (χ1) is 11.6. The molecule has 2 aliphatic heterocycles. The van der Waals surface area contributed by atoms with Gasteiger partial charge in [-0.25, -0.2) is 9.97 Å². The Balaban J connectivity index is 1.91. The number of hydrogen-bond donors (Lipinski definition) is 2. The summed E-state index contributed by atoms with van der Waals surface area (Å²) in [6.45, 7) is 11.3. The Morgan fingerprint density at radius 2 is 1.96 bits per heavy atom. The minimum Gasteiger partial charge on any atom is -0.365 e. The predicted molar refractivity (Wildman–Crippen MR) is 95.3 cm³/mol. The zero-order chi connectivity index (χ0) is 17.1. The second kappa shape index (κ2) is 7.34. The van der Waals surface area contributed by atoms with Crippen LogP contribution < -0.4 is 15.5 Å². The molecule has 1 amide bonds. The van der Waals surface area contributed by atoms with E-state index in [1.54, 1.807) is 0 Å². The van der Waals surface area contributed by atoms with Crippen LogP contribution in [0.25, 0.3) is 0 Å². The second-order valence-corrected chi connectivity index (χ2v) is 6.74. The Labute approximate surface area is 143 Å². The maximum atomic E-state index is 12.0. The van der Waals surface area contributed by atoms with Crippen molar-refractivity contribution in [1.82, 2.24) is 20.2 Å². The molecule has 0 aliphatic carbocycles. The second-order valence-electron chi connectivity index (χ2n) is 6.74. The van der Waals surface area contributed by atoms with Crippen LogP contribution in [0.1, 0.15) is 38.6 Å². The third-order valence-corrected chi connectivity index (χ3v) is 4.49. The first-order valence-corrected chi connectivity index (χ1v) is 8.98. The van der Waals surface area contributed by atoms with Crippen molar-refractivity contribution < 1.29 is 4.79 Å². The zero-order valence-corrected chi connectivity index (χ0v) is 14.9. The number of rotatable bonds is 4. The molecule has 1 aromatic rings. The van der Waals surface area contributed by atoms with Crippen LogP contribution in [-0.4, -0.2) is 59.5 Å². The maximum Gasteiger partial charge on any atom is 0.222 e. The highest BCUT2D eigenvalue weighted by atomic mass is 16.2. The molecule has 2 aliphatic rings. The number of aromatic nitrogens is 2. The van der Waals surface area contributed by atoms with Crippen LogP contribution in [0.4, 0.5) is 11.6 Å². The molecule has 7 nitrogen and oxygen atoms in total. The number of hydrogen-bond acceptors (Lipinski definition) is 6. The molecule has 2 N–H and O–H groups in total. The van der Waals surface area contributed by atoms with Crippen molar-refractivity contribution in [2.45, 2.75) is 46.2 Å². The largest absolute Gasteiger partial charge is 0.365 e. The van der Waals surface area contributed by atoms with E-state index in [-0.39, 0.29) is 11.9 Å². The van der Waals surface area contributed by atoms with Gasteiger partial charge in [0.05, 0.1) is 17.9 Å². The Bertz CT molecular complexity index is 597. The van der Waals surface area contributed by atoms with E-state index in [0.29, 0.717) is 13.0 Å². The summed E-state index contributed by atoms with van der Waals surface area (Å²) in [5.74, 6) is 1.99. The van der Waals surface area contributed by atoms with E-state index >= 15 is 0 Å². The smallest absolute Gasteiger partial charge is 0.222 e. The molecule has 1 saturated heterocycles. The molecule has 0 atom stereocenters. The molecule has 3 heterocycles. The molecule has 0 saturated carbocycles. The van der Waals surface area contributed by atoms with E-state index in [1.807, 2.05) is 11.8 Å². The summed E-state index contributed by atoms with van der Waals surface area (Å²) in [7, 11) is 0. The zero-order valence-electron chi connectivity index (χ0n) is 14.9. The van der Waals surface area contributed by atoms with Crippen molar-refractivity contribution in [3.8, 4) is 0 Å². The van der Waals surface area contributed by atoms with Gasteiger partial charge in [-0.15, -0.1) is 0 Å². The van der Waals surface area contributed by atoms with E-state index in [9.17, 15) is 4.79 Å². The number of nitrogens with one attached hydrogen (secondary N) is 2. The standard InChI is InChI=1S/C17H28N6O/c1-4-15(24)23-8-5-13-14(11-23)20-16(19-12(2)3)17(21-13)22-9-6-18-7-10-22/h12,18H,4-11H2,1-3H3,(H,19,20). The third-order valence-electron chi connectivity index (χ3n) is 4.49. The molecular formula is C17H28N6O. The molecule has 0 unspecified atom stereocenters. The molecule has 132 valence electrons. The molecule has 3 rings (SSSR count). The van der Waals surface area contributed by atoms with E-state index in [4.69, 9.17) is 9.97 Å². The Hall–Kier alpha value is -1.89. The topological polar surface area (TPSA) is 73.4 Å². The van der Waals surface area contributed by atoms with Crippen molar-refractivity contribution in [3.63, 3.8) is 0 Å². The fourth-order valence-electron chi connectivity index (χ4n) is 3.23. The summed E-state index contributed by atoms with van der Waals surface area (Å²) in [6.07, 6.45) is 1.33. The quantitative estimate of drug-likeness (QED) is 0.857. The first-order valence-electron chi connectivity index (χ1n) is 8.98. The lowest BCUT2D eigenvalue weighted by Gasteiger charge is -2.33. The number of piperazine rings is 1. The van der Waals surface area contributed by atoms with Crippen LogP contribution in [0.15, 0.2) is 0 Å². The van der Waals surface area contributed by atoms with Gasteiger partial charge in [0.15, 0.2) is 11.6 Å². The third kappa shape index (κ3) is 3.61. The summed E-state index contributed by atoms with van der Waals surface area (Å²) >= 11 is 0. The molecule has 0 spiro atoms. The van der Waals surface area contributed by atoms with Crippen molar-refractivity contribution in [1.29, 1.82) is 0 Å². The number of nitrogens with zero attached hydrogens (tertiary/aromatic N) is 4. The maximum absolute atomic E-state index is 12.0. The monoisotopic (exact) mass is 332 g/mol. The van der Waals surface area contributed by atoms with E-state index in [1.165, 1.54) is 0 Å². The van der Waals surface area contributed by atoms with Gasteiger partial charge in [-0.2, -0.15) is 0 Å². The molecule has 1 fully saturated rings. The lowest BCUT2D eigenvalue weighted by molar-refractivity contribution is -0.131. The van der Waals surface area contributed by atoms with E-state index in [2.05, 4.69) is 29.4 Å². The number of fused-ring (bicyclic) bond motifs is 1. The highest BCUT2D eigenvalue weighted by Gasteiger charge is 2.26. The Kier molecular flexibility index (Phi) is 5.18. The van der Waals surface area contributed by atoms with Crippen molar-refractivity contribution in [2.24, 2.45) is 0 Å². The SMILES string of the molecule is CCC(=O)N1CCc2nc(N3CCNCC3)c(NC(C)C)nc2C1. The van der Waals surface area contributed by atoms with Crippen LogP contribution in [0.5, 0.6) is 0 Å². The van der Waals surface area contributed by atoms with E-state index in [0.717, 1.165) is 62.2 Å². The first kappa shape index (κ1) is 17.0. The van der Waals surface area contributed by atoms with Crippen molar-refractivity contribution >= 4 is 17.5 Å². The van der Waals surface area contributed by atoms with Crippen LogP contribution in [0.3, 0.4) is 0 Å². The van der Waals surface area contributed by atoms with Crippen molar-refractivity contribution in [2.75, 3.05) is 42.9 Å². The predicted octanol–water partition coefficient (Wildman–Crippen LogP) is 1.00. The lowest BCUT2D eigenvalue weighted by Crippen LogP contribution is -2.45.